The van der Waals surface area contributed by atoms with Crippen LogP contribution in [0.1, 0.15) is 36.1 Å². The number of rotatable bonds is 4. The van der Waals surface area contributed by atoms with Crippen LogP contribution in [-0.4, -0.2) is 13.2 Å². The zero-order valence-corrected chi connectivity index (χ0v) is 10.9. The fraction of sp³-hybridized carbons (Fsp3) is 0.467. The predicted molar refractivity (Wildman–Crippen MR) is 71.0 cm³/mol. The molecule has 1 aromatic carbocycles. The van der Waals surface area contributed by atoms with Gasteiger partial charge in [-0.25, -0.2) is 0 Å². The van der Waals surface area contributed by atoms with Crippen LogP contribution in [0.4, 0.5) is 0 Å². The van der Waals surface area contributed by atoms with Crippen molar-refractivity contribution in [3.05, 3.63) is 46.7 Å². The molecule has 1 aromatic rings. The van der Waals surface area contributed by atoms with Gasteiger partial charge in [0.15, 0.2) is 0 Å². The molecule has 0 fully saturated rings. The van der Waals surface area contributed by atoms with Crippen LogP contribution in [0.15, 0.2) is 30.0 Å². The molecule has 1 aliphatic rings. The normalized spacial score (nSPS) is 16.5. The van der Waals surface area contributed by atoms with E-state index in [2.05, 4.69) is 50.4 Å². The molecule has 0 radical (unpaired) electrons. The largest absolute Gasteiger partial charge is 0.496 e. The summed E-state index contributed by atoms with van der Waals surface area (Å²) in [6.07, 6.45) is 3.23. The minimum Gasteiger partial charge on any atom is -0.496 e. The van der Waals surface area contributed by atoms with E-state index in [0.717, 1.165) is 25.3 Å². The molecule has 1 atom stereocenters. The monoisotopic (exact) mass is 231 g/mol. The molecule has 0 saturated heterocycles. The Bertz CT molecular complexity index is 423. The molecule has 2 rings (SSSR count). The van der Waals surface area contributed by atoms with Crippen molar-refractivity contribution in [2.45, 2.75) is 33.2 Å². The van der Waals surface area contributed by atoms with Crippen molar-refractivity contribution in [1.29, 1.82) is 0 Å². The fourth-order valence-corrected chi connectivity index (χ4v) is 2.36. The van der Waals surface area contributed by atoms with E-state index < -0.39 is 0 Å². The van der Waals surface area contributed by atoms with Crippen LogP contribution in [0.5, 0.6) is 0 Å². The van der Waals surface area contributed by atoms with E-state index in [4.69, 9.17) is 4.74 Å². The van der Waals surface area contributed by atoms with Gasteiger partial charge in [0.25, 0.3) is 0 Å². The molecule has 2 heteroatoms. The summed E-state index contributed by atoms with van der Waals surface area (Å²) in [4.78, 5) is 0. The summed E-state index contributed by atoms with van der Waals surface area (Å²) in [6, 6.07) is 6.82. The lowest BCUT2D eigenvalue weighted by Gasteiger charge is -2.21. The van der Waals surface area contributed by atoms with Crippen LogP contribution in [0.3, 0.4) is 0 Å². The Morgan fingerprint density at radius 3 is 2.76 bits per heavy atom. The Hall–Kier alpha value is -1.28. The van der Waals surface area contributed by atoms with Crippen LogP contribution < -0.4 is 5.32 Å². The number of aryl methyl sites for hydroxylation is 2. The predicted octanol–water partition coefficient (Wildman–Crippen LogP) is 3.26. The second-order valence-electron chi connectivity index (χ2n) is 4.59. The third-order valence-corrected chi connectivity index (χ3v) is 3.16. The molecular weight excluding hydrogens is 210 g/mol. The first-order chi connectivity index (χ1) is 8.22. The van der Waals surface area contributed by atoms with E-state index in [1.165, 1.54) is 16.7 Å². The van der Waals surface area contributed by atoms with Gasteiger partial charge in [0.1, 0.15) is 5.76 Å². The van der Waals surface area contributed by atoms with Crippen molar-refractivity contribution in [1.82, 2.24) is 5.32 Å². The lowest BCUT2D eigenvalue weighted by Crippen LogP contribution is -2.23. The number of hydrogen-bond donors (Lipinski definition) is 1. The third-order valence-electron chi connectivity index (χ3n) is 3.16. The Balaban J connectivity index is 2.31. The zero-order chi connectivity index (χ0) is 12.3. The zero-order valence-electron chi connectivity index (χ0n) is 10.9. The molecule has 17 heavy (non-hydrogen) atoms. The van der Waals surface area contributed by atoms with Gasteiger partial charge in [0, 0.05) is 6.42 Å². The van der Waals surface area contributed by atoms with E-state index in [-0.39, 0.29) is 6.04 Å². The Labute approximate surface area is 104 Å². The second kappa shape index (κ2) is 5.37. The van der Waals surface area contributed by atoms with Crippen molar-refractivity contribution in [2.75, 3.05) is 13.2 Å². The molecule has 0 aliphatic carbocycles. The lowest BCUT2D eigenvalue weighted by atomic mass is 9.97. The summed E-state index contributed by atoms with van der Waals surface area (Å²) in [5.74, 6) is 1.08. The molecule has 1 N–H and O–H groups in total. The Morgan fingerprint density at radius 2 is 2.18 bits per heavy atom. The van der Waals surface area contributed by atoms with Crippen molar-refractivity contribution in [3.8, 4) is 0 Å². The molecule has 92 valence electrons. The second-order valence-corrected chi connectivity index (χ2v) is 4.59. The van der Waals surface area contributed by atoms with Crippen molar-refractivity contribution >= 4 is 0 Å². The Morgan fingerprint density at radius 1 is 1.35 bits per heavy atom. The highest BCUT2D eigenvalue weighted by Gasteiger charge is 2.21. The van der Waals surface area contributed by atoms with Gasteiger partial charge in [-0.15, -0.1) is 0 Å². The van der Waals surface area contributed by atoms with E-state index in [1.54, 1.807) is 0 Å². The van der Waals surface area contributed by atoms with Crippen molar-refractivity contribution in [3.63, 3.8) is 0 Å². The van der Waals surface area contributed by atoms with Gasteiger partial charge in [-0.1, -0.05) is 30.7 Å². The molecule has 1 heterocycles. The number of hydrogen-bond acceptors (Lipinski definition) is 2. The van der Waals surface area contributed by atoms with Crippen molar-refractivity contribution in [2.24, 2.45) is 0 Å². The number of likely N-dealkylation sites (N-methyl/N-ethyl adjacent to an activating group) is 1. The van der Waals surface area contributed by atoms with Crippen molar-refractivity contribution < 1.29 is 4.74 Å². The average Bonchev–Trinajstić information content (AvgIpc) is 2.80. The molecule has 0 saturated carbocycles. The van der Waals surface area contributed by atoms with Crippen LogP contribution in [-0.2, 0) is 4.74 Å². The SMILES string of the molecule is CCNC(C1=CCCO1)c1ccc(C)cc1C. The maximum atomic E-state index is 5.71. The highest BCUT2D eigenvalue weighted by molar-refractivity contribution is 5.36. The summed E-state index contributed by atoms with van der Waals surface area (Å²) in [5.41, 5.74) is 3.96. The molecule has 0 amide bonds. The van der Waals surface area contributed by atoms with E-state index >= 15 is 0 Å². The summed E-state index contributed by atoms with van der Waals surface area (Å²) in [7, 11) is 0. The van der Waals surface area contributed by atoms with E-state index in [0.29, 0.717) is 0 Å². The molecule has 1 unspecified atom stereocenters. The van der Waals surface area contributed by atoms with E-state index in [1.807, 2.05) is 0 Å². The van der Waals surface area contributed by atoms with Crippen LogP contribution >= 0.6 is 0 Å². The third kappa shape index (κ3) is 2.70. The van der Waals surface area contributed by atoms with Gasteiger partial charge in [-0.05, 0) is 37.6 Å². The first-order valence-electron chi connectivity index (χ1n) is 6.35. The summed E-state index contributed by atoms with van der Waals surface area (Å²) >= 11 is 0. The van der Waals surface area contributed by atoms with Crippen LogP contribution in [0.25, 0.3) is 0 Å². The Kier molecular flexibility index (Phi) is 3.85. The number of nitrogens with one attached hydrogen (secondary N) is 1. The molecule has 1 aliphatic heterocycles. The topological polar surface area (TPSA) is 21.3 Å². The first-order valence-corrected chi connectivity index (χ1v) is 6.35. The van der Waals surface area contributed by atoms with Gasteiger partial charge < -0.3 is 10.1 Å². The lowest BCUT2D eigenvalue weighted by molar-refractivity contribution is 0.216. The van der Waals surface area contributed by atoms with Gasteiger partial charge in [0.05, 0.1) is 12.6 Å². The van der Waals surface area contributed by atoms with Gasteiger partial charge in [-0.2, -0.15) is 0 Å². The summed E-state index contributed by atoms with van der Waals surface area (Å²) in [6.45, 7) is 8.19. The molecule has 0 aromatic heterocycles. The quantitative estimate of drug-likeness (QED) is 0.858. The maximum Gasteiger partial charge on any atom is 0.114 e. The maximum absolute atomic E-state index is 5.71. The summed E-state index contributed by atoms with van der Waals surface area (Å²) < 4.78 is 5.71. The fourth-order valence-electron chi connectivity index (χ4n) is 2.36. The minimum atomic E-state index is 0.211. The molecule has 0 spiro atoms. The number of benzene rings is 1. The standard InChI is InChI=1S/C15H21NO/c1-4-16-15(14-6-5-9-17-14)13-8-7-11(2)10-12(13)3/h6-8,10,15-16H,4-5,9H2,1-3H3. The first kappa shape index (κ1) is 12.2. The van der Waals surface area contributed by atoms with E-state index in [9.17, 15) is 0 Å². The van der Waals surface area contributed by atoms with Gasteiger partial charge in [-0.3, -0.25) is 0 Å². The highest BCUT2D eigenvalue weighted by atomic mass is 16.5. The molecule has 2 nitrogen and oxygen atoms in total. The average molecular weight is 231 g/mol. The van der Waals surface area contributed by atoms with Gasteiger partial charge in [0.2, 0.25) is 0 Å². The molecule has 0 bridgehead atoms. The smallest absolute Gasteiger partial charge is 0.114 e. The van der Waals surface area contributed by atoms with Crippen LogP contribution in [0, 0.1) is 13.8 Å². The van der Waals surface area contributed by atoms with Gasteiger partial charge >= 0.3 is 0 Å². The van der Waals surface area contributed by atoms with Crippen LogP contribution in [0.2, 0.25) is 0 Å². The minimum absolute atomic E-state index is 0.211. The highest BCUT2D eigenvalue weighted by Crippen LogP contribution is 2.28. The molecular formula is C15H21NO. The number of ether oxygens (including phenoxy) is 1. The summed E-state index contributed by atoms with van der Waals surface area (Å²) in [5, 5.41) is 3.51.